The Morgan fingerprint density at radius 1 is 1.22 bits per heavy atom. The van der Waals surface area contributed by atoms with E-state index in [1.165, 1.54) is 18.3 Å². The van der Waals surface area contributed by atoms with Gasteiger partial charge in [-0.3, -0.25) is 0 Å². The summed E-state index contributed by atoms with van der Waals surface area (Å²) < 4.78 is 0. The standard InChI is InChI=1S/C5H12.C4H6/c1-4-5(2)3;1-3-2-4(1)3/h5H,4H2,1-3H3;3-4H,1-2H2. The molecule has 54 valence electrons. The Morgan fingerprint density at radius 2 is 1.44 bits per heavy atom. The van der Waals surface area contributed by atoms with Gasteiger partial charge >= 0.3 is 0 Å². The predicted molar refractivity (Wildman–Crippen MR) is 41.3 cm³/mol. The van der Waals surface area contributed by atoms with Gasteiger partial charge in [0.2, 0.25) is 0 Å². The molecule has 0 aromatic heterocycles. The van der Waals surface area contributed by atoms with Crippen molar-refractivity contribution in [2.24, 2.45) is 17.8 Å². The first kappa shape index (κ1) is 7.11. The average molecular weight is 126 g/mol. The fourth-order valence-electron chi connectivity index (χ4n) is 0.552. The third-order valence-electron chi connectivity index (χ3n) is 2.29. The van der Waals surface area contributed by atoms with E-state index >= 15 is 0 Å². The summed E-state index contributed by atoms with van der Waals surface area (Å²) in [5.41, 5.74) is 0. The summed E-state index contributed by atoms with van der Waals surface area (Å²) >= 11 is 0. The number of rotatable bonds is 1. The second-order valence-corrected chi connectivity index (χ2v) is 3.79. The van der Waals surface area contributed by atoms with Crippen molar-refractivity contribution in [2.45, 2.75) is 40.0 Å². The van der Waals surface area contributed by atoms with Crippen LogP contribution in [0.3, 0.4) is 0 Å². The van der Waals surface area contributed by atoms with Gasteiger partial charge in [-0.15, -0.1) is 0 Å². The highest BCUT2D eigenvalue weighted by molar-refractivity contribution is 5.02. The third kappa shape index (κ3) is 2.88. The van der Waals surface area contributed by atoms with Gasteiger partial charge in [-0.05, 0) is 30.6 Å². The van der Waals surface area contributed by atoms with Crippen LogP contribution in [0.1, 0.15) is 40.0 Å². The molecule has 0 nitrogen and oxygen atoms in total. The Morgan fingerprint density at radius 3 is 1.44 bits per heavy atom. The molecule has 2 rings (SSSR count). The second-order valence-electron chi connectivity index (χ2n) is 3.79. The normalized spacial score (nSPS) is 34.7. The van der Waals surface area contributed by atoms with Crippen LogP contribution in [-0.4, -0.2) is 0 Å². The summed E-state index contributed by atoms with van der Waals surface area (Å²) in [6.45, 7) is 6.64. The first-order chi connectivity index (χ1) is 4.24. The van der Waals surface area contributed by atoms with Gasteiger partial charge in [-0.1, -0.05) is 27.2 Å². The Kier molecular flexibility index (Phi) is 2.15. The van der Waals surface area contributed by atoms with E-state index in [4.69, 9.17) is 0 Å². The molecule has 0 aromatic rings. The van der Waals surface area contributed by atoms with Crippen molar-refractivity contribution in [1.82, 2.24) is 0 Å². The first-order valence-corrected chi connectivity index (χ1v) is 4.24. The maximum atomic E-state index is 2.22. The summed E-state index contributed by atoms with van der Waals surface area (Å²) in [6, 6.07) is 0. The molecule has 0 bridgehead atoms. The smallest absolute Gasteiger partial charge is 0.0380 e. The van der Waals surface area contributed by atoms with Crippen LogP contribution >= 0.6 is 0 Å². The highest BCUT2D eigenvalue weighted by Crippen LogP contribution is 2.62. The minimum Gasteiger partial charge on any atom is -0.0651 e. The van der Waals surface area contributed by atoms with Crippen molar-refractivity contribution in [3.8, 4) is 0 Å². The van der Waals surface area contributed by atoms with Crippen LogP contribution in [-0.2, 0) is 0 Å². The molecule has 2 aliphatic rings. The van der Waals surface area contributed by atoms with E-state index in [-0.39, 0.29) is 0 Å². The number of fused-ring (bicyclic) bond motifs is 1. The largest absolute Gasteiger partial charge is 0.0651 e. The monoisotopic (exact) mass is 126 g/mol. The quantitative estimate of drug-likeness (QED) is 0.506. The Bertz CT molecular complexity index is 72.0. The van der Waals surface area contributed by atoms with Gasteiger partial charge in [0.15, 0.2) is 0 Å². The summed E-state index contributed by atoms with van der Waals surface area (Å²) in [6.07, 6.45) is 4.47. The van der Waals surface area contributed by atoms with Crippen molar-refractivity contribution in [1.29, 1.82) is 0 Å². The zero-order chi connectivity index (χ0) is 6.85. The molecule has 0 saturated heterocycles. The van der Waals surface area contributed by atoms with E-state index in [2.05, 4.69) is 20.8 Å². The van der Waals surface area contributed by atoms with Crippen LogP contribution in [0.5, 0.6) is 0 Å². The molecule has 0 unspecified atom stereocenters. The number of hydrogen-bond donors (Lipinski definition) is 0. The van der Waals surface area contributed by atoms with Gasteiger partial charge in [-0.25, -0.2) is 0 Å². The molecule has 0 heterocycles. The van der Waals surface area contributed by atoms with E-state index in [1.807, 2.05) is 0 Å². The zero-order valence-corrected chi connectivity index (χ0v) is 6.85. The van der Waals surface area contributed by atoms with Crippen LogP contribution in [0, 0.1) is 17.8 Å². The number of hydrogen-bond acceptors (Lipinski definition) is 0. The van der Waals surface area contributed by atoms with Gasteiger partial charge in [0.05, 0.1) is 0 Å². The van der Waals surface area contributed by atoms with Crippen LogP contribution in [0.2, 0.25) is 0 Å². The highest BCUT2D eigenvalue weighted by atomic mass is 14.6. The average Bonchev–Trinajstić information content (AvgIpc) is 2.47. The van der Waals surface area contributed by atoms with E-state index in [0.717, 1.165) is 5.92 Å². The van der Waals surface area contributed by atoms with Crippen molar-refractivity contribution in [3.05, 3.63) is 0 Å². The van der Waals surface area contributed by atoms with Gasteiger partial charge in [0.25, 0.3) is 0 Å². The molecule has 0 aliphatic heterocycles. The Hall–Kier alpha value is 0. The molecule has 0 atom stereocenters. The lowest BCUT2D eigenvalue weighted by Gasteiger charge is -1.90. The van der Waals surface area contributed by atoms with Crippen LogP contribution in [0.4, 0.5) is 0 Å². The molecule has 2 aliphatic carbocycles. The van der Waals surface area contributed by atoms with Crippen molar-refractivity contribution >= 4 is 0 Å². The summed E-state index contributed by atoms with van der Waals surface area (Å²) in [4.78, 5) is 0. The molecule has 0 amide bonds. The van der Waals surface area contributed by atoms with Crippen molar-refractivity contribution in [3.63, 3.8) is 0 Å². The third-order valence-corrected chi connectivity index (χ3v) is 2.29. The lowest BCUT2D eigenvalue weighted by atomic mass is 10.2. The van der Waals surface area contributed by atoms with E-state index in [9.17, 15) is 0 Å². The molecule has 0 spiro atoms. The minimum atomic E-state index is 0.884. The Balaban J connectivity index is 0.0000000900. The van der Waals surface area contributed by atoms with Crippen LogP contribution in [0.25, 0.3) is 0 Å². The zero-order valence-electron chi connectivity index (χ0n) is 6.85. The minimum absolute atomic E-state index is 0.884. The second kappa shape index (κ2) is 2.72. The Labute approximate surface area is 58.7 Å². The molecule has 0 radical (unpaired) electrons. The topological polar surface area (TPSA) is 0 Å². The summed E-state index contributed by atoms with van der Waals surface area (Å²) in [5.74, 6) is 3.38. The van der Waals surface area contributed by atoms with Crippen molar-refractivity contribution in [2.75, 3.05) is 0 Å². The lowest BCUT2D eigenvalue weighted by Crippen LogP contribution is -1.77. The maximum Gasteiger partial charge on any atom is -0.0380 e. The molecule has 2 fully saturated rings. The molecule has 0 aromatic carbocycles. The van der Waals surface area contributed by atoms with Gasteiger partial charge < -0.3 is 0 Å². The highest BCUT2D eigenvalue weighted by Gasteiger charge is 2.52. The lowest BCUT2D eigenvalue weighted by molar-refractivity contribution is 0.626. The van der Waals surface area contributed by atoms with Crippen LogP contribution < -0.4 is 0 Å². The maximum absolute atomic E-state index is 2.22. The SMILES string of the molecule is C1C2CC12.CCC(C)C. The van der Waals surface area contributed by atoms with E-state index in [1.54, 1.807) is 12.8 Å². The van der Waals surface area contributed by atoms with Gasteiger partial charge in [0.1, 0.15) is 0 Å². The predicted octanol–water partition coefficient (Wildman–Crippen LogP) is 3.08. The van der Waals surface area contributed by atoms with Gasteiger partial charge in [0, 0.05) is 0 Å². The fraction of sp³-hybridized carbons (Fsp3) is 1.00. The van der Waals surface area contributed by atoms with E-state index in [0.29, 0.717) is 0 Å². The molecule has 9 heavy (non-hydrogen) atoms. The molecular formula is C9H18. The van der Waals surface area contributed by atoms with Crippen molar-refractivity contribution < 1.29 is 0 Å². The van der Waals surface area contributed by atoms with Crippen LogP contribution in [0.15, 0.2) is 0 Å². The van der Waals surface area contributed by atoms with Gasteiger partial charge in [-0.2, -0.15) is 0 Å². The van der Waals surface area contributed by atoms with E-state index < -0.39 is 0 Å². The fourth-order valence-corrected chi connectivity index (χ4v) is 0.552. The molecule has 0 heteroatoms. The molecular weight excluding hydrogens is 108 g/mol. The summed E-state index contributed by atoms with van der Waals surface area (Å²) in [7, 11) is 0. The summed E-state index contributed by atoms with van der Waals surface area (Å²) in [5, 5.41) is 0. The first-order valence-electron chi connectivity index (χ1n) is 4.24. The molecule has 0 N–H and O–H groups in total. The molecule has 2 saturated carbocycles.